The number of rotatable bonds is 0. The van der Waals surface area contributed by atoms with Crippen LogP contribution in [0.5, 0.6) is 0 Å². The first-order valence-corrected chi connectivity index (χ1v) is 5.84. The van der Waals surface area contributed by atoms with Crippen LogP contribution in [0.4, 0.5) is 35.1 Å². The fourth-order valence-electron chi connectivity index (χ4n) is 4.80. The molecule has 0 unspecified atom stereocenters. The van der Waals surface area contributed by atoms with E-state index < -0.39 is 46.4 Å². The Morgan fingerprint density at radius 2 is 0.650 bits per heavy atom. The molecule has 0 aromatic heterocycles. The molecule has 20 heavy (non-hydrogen) atoms. The molecular formula is C12H6F8. The van der Waals surface area contributed by atoms with Gasteiger partial charge in [0, 0.05) is 11.8 Å². The number of halogens is 8. The number of hydrogen-bond donors (Lipinski definition) is 0. The second kappa shape index (κ2) is 2.54. The zero-order valence-corrected chi connectivity index (χ0v) is 9.49. The van der Waals surface area contributed by atoms with Crippen molar-refractivity contribution in [2.75, 3.05) is 0 Å². The van der Waals surface area contributed by atoms with Gasteiger partial charge in [-0.15, -0.1) is 0 Å². The van der Waals surface area contributed by atoms with E-state index in [4.69, 9.17) is 0 Å². The minimum Gasteiger partial charge on any atom is -0.199 e. The van der Waals surface area contributed by atoms with E-state index in [-0.39, 0.29) is 0 Å². The molecule has 2 saturated carbocycles. The first-order chi connectivity index (χ1) is 8.96. The van der Waals surface area contributed by atoms with Crippen LogP contribution in [-0.4, -0.2) is 23.7 Å². The molecule has 0 aromatic carbocycles. The third-order valence-electron chi connectivity index (χ3n) is 5.44. The Bertz CT molecular complexity index is 492. The number of allylic oxidation sites excluding steroid dienone is 4. The van der Waals surface area contributed by atoms with Gasteiger partial charge in [0.15, 0.2) is 0 Å². The van der Waals surface area contributed by atoms with Crippen molar-refractivity contribution in [3.63, 3.8) is 0 Å². The molecule has 5 rings (SSSR count). The molecule has 0 N–H and O–H groups in total. The monoisotopic (exact) mass is 302 g/mol. The van der Waals surface area contributed by atoms with E-state index in [9.17, 15) is 35.1 Å². The van der Waals surface area contributed by atoms with Gasteiger partial charge in [-0.3, -0.25) is 0 Å². The van der Waals surface area contributed by atoms with Crippen LogP contribution in [0.3, 0.4) is 0 Å². The molecule has 0 amide bonds. The minimum atomic E-state index is -5.18. The standard InChI is InChI=1S/C12H6F8/c13-9(14)7-5-1-2-6(4-3-5)8(7,11(9,17)18)12(19,20)10(7,15)16/h1-6H. The van der Waals surface area contributed by atoms with Crippen molar-refractivity contribution >= 4 is 0 Å². The topological polar surface area (TPSA) is 0 Å². The van der Waals surface area contributed by atoms with Crippen molar-refractivity contribution in [1.82, 2.24) is 0 Å². The molecule has 0 radical (unpaired) electrons. The van der Waals surface area contributed by atoms with Crippen LogP contribution in [0.15, 0.2) is 24.3 Å². The Morgan fingerprint density at radius 3 is 0.850 bits per heavy atom. The molecule has 0 nitrogen and oxygen atoms in total. The quantitative estimate of drug-likeness (QED) is 0.470. The second-order valence-corrected chi connectivity index (χ2v) is 5.73. The van der Waals surface area contributed by atoms with Crippen LogP contribution in [0, 0.1) is 22.7 Å². The molecule has 0 spiro atoms. The van der Waals surface area contributed by atoms with E-state index >= 15 is 0 Å². The highest BCUT2D eigenvalue weighted by molar-refractivity contribution is 5.55. The van der Waals surface area contributed by atoms with E-state index in [1.807, 2.05) is 0 Å². The van der Waals surface area contributed by atoms with Crippen molar-refractivity contribution in [3.8, 4) is 0 Å². The molecule has 2 fully saturated rings. The molecule has 0 atom stereocenters. The van der Waals surface area contributed by atoms with Gasteiger partial charge in [0.25, 0.3) is 0 Å². The van der Waals surface area contributed by atoms with Gasteiger partial charge >= 0.3 is 23.7 Å². The lowest BCUT2D eigenvalue weighted by Gasteiger charge is -2.83. The van der Waals surface area contributed by atoms with Crippen molar-refractivity contribution in [2.24, 2.45) is 22.7 Å². The highest BCUT2D eigenvalue weighted by atomic mass is 19.3. The third kappa shape index (κ3) is 0.609. The van der Waals surface area contributed by atoms with E-state index in [1.54, 1.807) is 0 Å². The number of alkyl halides is 8. The van der Waals surface area contributed by atoms with Gasteiger partial charge in [-0.05, 0) is 0 Å². The molecule has 0 heterocycles. The largest absolute Gasteiger partial charge is 0.324 e. The van der Waals surface area contributed by atoms with Gasteiger partial charge in [-0.1, -0.05) is 24.3 Å². The minimum absolute atomic E-state index is 0.898. The Labute approximate surface area is 107 Å². The summed E-state index contributed by atoms with van der Waals surface area (Å²) in [5, 5.41) is 0. The Hall–Kier alpha value is -1.08. The first kappa shape index (κ1) is 12.6. The smallest absolute Gasteiger partial charge is 0.199 e. The van der Waals surface area contributed by atoms with Gasteiger partial charge < -0.3 is 0 Å². The van der Waals surface area contributed by atoms with Crippen molar-refractivity contribution < 1.29 is 35.1 Å². The summed E-state index contributed by atoms with van der Waals surface area (Å²) in [6.45, 7) is 0. The molecule has 8 heteroatoms. The summed E-state index contributed by atoms with van der Waals surface area (Å²) in [4.78, 5) is 0. The van der Waals surface area contributed by atoms with Gasteiger partial charge in [-0.25, -0.2) is 0 Å². The Morgan fingerprint density at radius 1 is 0.450 bits per heavy atom. The summed E-state index contributed by atoms with van der Waals surface area (Å²) in [7, 11) is 0. The van der Waals surface area contributed by atoms with Crippen LogP contribution < -0.4 is 0 Å². The van der Waals surface area contributed by atoms with Crippen LogP contribution in [0.2, 0.25) is 0 Å². The molecule has 5 aliphatic carbocycles. The number of hydrogen-bond acceptors (Lipinski definition) is 0. The lowest BCUT2D eigenvalue weighted by molar-refractivity contribution is -0.626. The lowest BCUT2D eigenvalue weighted by Crippen LogP contribution is -3.04. The lowest BCUT2D eigenvalue weighted by atomic mass is 9.21. The zero-order chi connectivity index (χ0) is 15.0. The van der Waals surface area contributed by atoms with E-state index in [0.717, 1.165) is 24.3 Å². The fourth-order valence-corrected chi connectivity index (χ4v) is 4.80. The predicted molar refractivity (Wildman–Crippen MR) is 49.9 cm³/mol. The van der Waals surface area contributed by atoms with Gasteiger partial charge in [-0.2, -0.15) is 35.1 Å². The molecule has 0 saturated heterocycles. The van der Waals surface area contributed by atoms with Gasteiger partial charge in [0.1, 0.15) is 10.8 Å². The normalized spacial score (nSPS) is 53.6. The summed E-state index contributed by atoms with van der Waals surface area (Å²) < 4.78 is 110. The van der Waals surface area contributed by atoms with Crippen LogP contribution in [0.1, 0.15) is 0 Å². The van der Waals surface area contributed by atoms with Crippen LogP contribution in [0.25, 0.3) is 0 Å². The summed E-state index contributed by atoms with van der Waals surface area (Å²) in [6, 6.07) is 0. The highest BCUT2D eigenvalue weighted by Gasteiger charge is 3.17. The summed E-state index contributed by atoms with van der Waals surface area (Å²) >= 11 is 0. The van der Waals surface area contributed by atoms with E-state index in [0.29, 0.717) is 0 Å². The average Bonchev–Trinajstić information content (AvgIpc) is 2.36. The Kier molecular flexibility index (Phi) is 1.61. The molecule has 0 aliphatic heterocycles. The van der Waals surface area contributed by atoms with Crippen molar-refractivity contribution in [2.45, 2.75) is 23.7 Å². The van der Waals surface area contributed by atoms with E-state index in [1.165, 1.54) is 0 Å². The molecule has 5 aliphatic rings. The predicted octanol–water partition coefficient (Wildman–Crippen LogP) is 3.90. The van der Waals surface area contributed by atoms with Crippen LogP contribution in [-0.2, 0) is 0 Å². The zero-order valence-electron chi connectivity index (χ0n) is 9.49. The van der Waals surface area contributed by atoms with E-state index in [2.05, 4.69) is 0 Å². The SMILES string of the molecule is FC1(F)C(F)(F)C23C4C=CC(C=C4)C12C(F)(F)C3(F)F. The highest BCUT2D eigenvalue weighted by Crippen LogP contribution is 2.97. The van der Waals surface area contributed by atoms with Crippen LogP contribution >= 0.6 is 0 Å². The van der Waals surface area contributed by atoms with Crippen molar-refractivity contribution in [1.29, 1.82) is 0 Å². The summed E-state index contributed by atoms with van der Waals surface area (Å²) in [5.74, 6) is -24.4. The third-order valence-corrected chi connectivity index (χ3v) is 5.44. The maximum absolute atomic E-state index is 13.8. The summed E-state index contributed by atoms with van der Waals surface area (Å²) in [6.07, 6.45) is 3.59. The molecule has 0 aromatic rings. The average molecular weight is 302 g/mol. The molecule has 2 bridgehead atoms. The fraction of sp³-hybridized carbons (Fsp3) is 0.667. The molecule has 110 valence electrons. The summed E-state index contributed by atoms with van der Waals surface area (Å²) in [5.41, 5.74) is -7.46. The Balaban J connectivity index is 2.12. The first-order valence-electron chi connectivity index (χ1n) is 5.84. The van der Waals surface area contributed by atoms with Gasteiger partial charge in [0.05, 0.1) is 0 Å². The van der Waals surface area contributed by atoms with Crippen molar-refractivity contribution in [3.05, 3.63) is 24.3 Å². The molecular weight excluding hydrogens is 296 g/mol. The maximum atomic E-state index is 13.8. The maximum Gasteiger partial charge on any atom is 0.324 e. The second-order valence-electron chi connectivity index (χ2n) is 5.73. The van der Waals surface area contributed by atoms with Gasteiger partial charge in [0.2, 0.25) is 0 Å².